The monoisotopic (exact) mass is 530 g/mol. The number of hydrogen-bond acceptors (Lipinski definition) is 5. The van der Waals surface area contributed by atoms with E-state index in [1.807, 2.05) is 12.1 Å². The van der Waals surface area contributed by atoms with Crippen molar-refractivity contribution in [3.8, 4) is 28.4 Å². The number of methoxy groups -OCH3 is 2. The molecule has 0 radical (unpaired) electrons. The van der Waals surface area contributed by atoms with E-state index in [1.165, 1.54) is 34.4 Å². The first kappa shape index (κ1) is 28.0. The number of benzene rings is 3. The zero-order valence-electron chi connectivity index (χ0n) is 21.1. The normalized spacial score (nSPS) is 14.4. The first-order valence-corrected chi connectivity index (χ1v) is 12.3. The van der Waals surface area contributed by atoms with E-state index in [2.05, 4.69) is 58.3 Å². The van der Waals surface area contributed by atoms with Crippen LogP contribution in [-0.4, -0.2) is 51.8 Å². The van der Waals surface area contributed by atoms with Crippen molar-refractivity contribution in [2.24, 2.45) is 0 Å². The number of nitrogens with zero attached hydrogens (tertiary/aromatic N) is 2. The second-order valence-electron chi connectivity index (χ2n) is 9.03. The fraction of sp³-hybridized carbons (Fsp3) is 0.379. The third kappa shape index (κ3) is 5.86. The minimum absolute atomic E-state index is 0. The summed E-state index contributed by atoms with van der Waals surface area (Å²) in [7, 11) is 3.46. The summed E-state index contributed by atoms with van der Waals surface area (Å²) in [6.07, 6.45) is 3.40. The lowest BCUT2D eigenvalue weighted by Gasteiger charge is -2.36. The van der Waals surface area contributed by atoms with E-state index in [4.69, 9.17) is 14.2 Å². The van der Waals surface area contributed by atoms with Gasteiger partial charge in [0.15, 0.2) is 11.5 Å². The number of hydrogen-bond donors (Lipinski definition) is 0. The van der Waals surface area contributed by atoms with Crippen LogP contribution < -0.4 is 19.1 Å². The zero-order chi connectivity index (χ0) is 23.3. The van der Waals surface area contributed by atoms with Gasteiger partial charge < -0.3 is 19.1 Å². The highest BCUT2D eigenvalue weighted by molar-refractivity contribution is 5.85. The van der Waals surface area contributed by atoms with Crippen LogP contribution in [0.1, 0.15) is 24.0 Å². The molecule has 194 valence electrons. The van der Waals surface area contributed by atoms with Crippen molar-refractivity contribution in [1.29, 1.82) is 0 Å². The maximum atomic E-state index is 6.13. The second-order valence-corrected chi connectivity index (χ2v) is 9.03. The Kier molecular flexibility index (Phi) is 10.2. The molecule has 5 nitrogen and oxygen atoms in total. The summed E-state index contributed by atoms with van der Waals surface area (Å²) in [4.78, 5) is 5.03. The van der Waals surface area contributed by atoms with Gasteiger partial charge in [0.25, 0.3) is 0 Å². The molecule has 0 spiro atoms. The summed E-state index contributed by atoms with van der Waals surface area (Å²) in [5, 5.41) is 0. The molecule has 1 saturated heterocycles. The first-order chi connectivity index (χ1) is 16.8. The third-order valence-electron chi connectivity index (χ3n) is 7.06. The number of piperazine rings is 1. The summed E-state index contributed by atoms with van der Waals surface area (Å²) in [5.74, 6) is 2.68. The van der Waals surface area contributed by atoms with E-state index in [1.54, 1.807) is 14.2 Å². The Morgan fingerprint density at radius 3 is 2.28 bits per heavy atom. The second kappa shape index (κ2) is 13.1. The average molecular weight is 532 g/mol. The number of fused-ring (bicyclic) bond motifs is 3. The Bertz CT molecular complexity index is 1130. The van der Waals surface area contributed by atoms with Gasteiger partial charge in [-0.15, -0.1) is 24.8 Å². The van der Waals surface area contributed by atoms with Gasteiger partial charge in [-0.25, -0.2) is 0 Å². The van der Waals surface area contributed by atoms with Crippen LogP contribution in [0.4, 0.5) is 5.69 Å². The first-order valence-electron chi connectivity index (χ1n) is 12.3. The van der Waals surface area contributed by atoms with Gasteiger partial charge in [0, 0.05) is 31.7 Å². The van der Waals surface area contributed by atoms with Crippen molar-refractivity contribution in [2.45, 2.75) is 25.9 Å². The number of aryl methyl sites for hydroxylation is 1. The Morgan fingerprint density at radius 1 is 0.778 bits per heavy atom. The van der Waals surface area contributed by atoms with Gasteiger partial charge in [-0.3, -0.25) is 4.90 Å². The van der Waals surface area contributed by atoms with E-state index < -0.39 is 0 Å². The van der Waals surface area contributed by atoms with E-state index in [-0.39, 0.29) is 24.8 Å². The Hall–Kier alpha value is -2.60. The van der Waals surface area contributed by atoms with Crippen molar-refractivity contribution < 1.29 is 14.2 Å². The molecule has 7 heteroatoms. The van der Waals surface area contributed by atoms with Gasteiger partial charge in [0.05, 0.1) is 19.9 Å². The van der Waals surface area contributed by atoms with Gasteiger partial charge in [-0.2, -0.15) is 0 Å². The lowest BCUT2D eigenvalue weighted by Crippen LogP contribution is -2.46. The predicted molar refractivity (Wildman–Crippen MR) is 152 cm³/mol. The average Bonchev–Trinajstić information content (AvgIpc) is 2.91. The predicted octanol–water partition coefficient (Wildman–Crippen LogP) is 6.25. The largest absolute Gasteiger partial charge is 0.495 e. The number of anilines is 1. The summed E-state index contributed by atoms with van der Waals surface area (Å²) in [6.45, 7) is 6.02. The van der Waals surface area contributed by atoms with Crippen LogP contribution in [0.15, 0.2) is 60.7 Å². The van der Waals surface area contributed by atoms with Gasteiger partial charge in [0.1, 0.15) is 12.4 Å². The molecule has 0 aromatic heterocycles. The standard InChI is InChI=1S/C29H34N2O3.2ClH/c1-32-26-13-6-5-12-25(26)31-19-17-30(18-20-31)16-8-7-9-22-14-15-27(33-2)29-28(22)24-11-4-3-10-23(24)21-34-29;;/h3-6,10-15H,7-9,16-21H2,1-2H3;2*1H. The summed E-state index contributed by atoms with van der Waals surface area (Å²) < 4.78 is 17.3. The molecule has 36 heavy (non-hydrogen) atoms. The van der Waals surface area contributed by atoms with E-state index in [9.17, 15) is 0 Å². The highest BCUT2D eigenvalue weighted by Crippen LogP contribution is 2.45. The molecule has 2 aliphatic rings. The molecule has 2 heterocycles. The van der Waals surface area contributed by atoms with Crippen LogP contribution in [0.25, 0.3) is 11.1 Å². The number of ether oxygens (including phenoxy) is 3. The van der Waals surface area contributed by atoms with Crippen LogP contribution in [-0.2, 0) is 13.0 Å². The number of unbranched alkanes of at least 4 members (excludes halogenated alkanes) is 1. The molecule has 3 aromatic rings. The topological polar surface area (TPSA) is 34.2 Å². The quantitative estimate of drug-likeness (QED) is 0.321. The van der Waals surface area contributed by atoms with Crippen LogP contribution >= 0.6 is 24.8 Å². The highest BCUT2D eigenvalue weighted by atomic mass is 35.5. The number of rotatable bonds is 8. The SMILES string of the molecule is COc1ccccc1N1CCN(CCCCc2ccc(OC)c3c2-c2ccccc2CO3)CC1.Cl.Cl. The maximum absolute atomic E-state index is 6.13. The highest BCUT2D eigenvalue weighted by Gasteiger charge is 2.24. The van der Waals surface area contributed by atoms with Crippen LogP contribution in [0.2, 0.25) is 0 Å². The molecule has 0 atom stereocenters. The molecule has 0 N–H and O–H groups in total. The van der Waals surface area contributed by atoms with Crippen molar-refractivity contribution in [3.05, 3.63) is 71.8 Å². The summed E-state index contributed by atoms with van der Waals surface area (Å²) in [6, 6.07) is 21.2. The number of para-hydroxylation sites is 2. The van der Waals surface area contributed by atoms with E-state index in [0.717, 1.165) is 62.8 Å². The lowest BCUT2D eigenvalue weighted by atomic mass is 9.90. The van der Waals surface area contributed by atoms with Gasteiger partial charge in [-0.1, -0.05) is 42.5 Å². The van der Waals surface area contributed by atoms with Crippen molar-refractivity contribution in [1.82, 2.24) is 4.90 Å². The van der Waals surface area contributed by atoms with Crippen LogP contribution in [0.5, 0.6) is 17.2 Å². The molecule has 0 saturated carbocycles. The lowest BCUT2D eigenvalue weighted by molar-refractivity contribution is 0.252. The van der Waals surface area contributed by atoms with Gasteiger partial charge >= 0.3 is 0 Å². The van der Waals surface area contributed by atoms with Crippen molar-refractivity contribution >= 4 is 30.5 Å². The van der Waals surface area contributed by atoms with Crippen LogP contribution in [0, 0.1) is 0 Å². The molecular formula is C29H36Cl2N2O3. The van der Waals surface area contributed by atoms with Gasteiger partial charge in [0.2, 0.25) is 0 Å². The zero-order valence-corrected chi connectivity index (χ0v) is 22.7. The summed E-state index contributed by atoms with van der Waals surface area (Å²) in [5.41, 5.74) is 6.30. The minimum Gasteiger partial charge on any atom is -0.495 e. The fourth-order valence-electron chi connectivity index (χ4n) is 5.21. The Balaban J connectivity index is 0.00000180. The molecule has 0 aliphatic carbocycles. The van der Waals surface area contributed by atoms with Crippen LogP contribution in [0.3, 0.4) is 0 Å². The molecule has 0 unspecified atom stereocenters. The molecular weight excluding hydrogens is 495 g/mol. The Morgan fingerprint density at radius 2 is 1.50 bits per heavy atom. The molecule has 2 aliphatic heterocycles. The fourth-order valence-corrected chi connectivity index (χ4v) is 5.21. The molecule has 0 amide bonds. The minimum atomic E-state index is 0. The van der Waals surface area contributed by atoms with E-state index >= 15 is 0 Å². The number of halogens is 2. The van der Waals surface area contributed by atoms with Gasteiger partial charge in [-0.05, 0) is 60.7 Å². The Labute approximate surface area is 227 Å². The third-order valence-corrected chi connectivity index (χ3v) is 7.06. The van der Waals surface area contributed by atoms with E-state index in [0.29, 0.717) is 6.61 Å². The van der Waals surface area contributed by atoms with Crippen molar-refractivity contribution in [3.63, 3.8) is 0 Å². The van der Waals surface area contributed by atoms with Crippen molar-refractivity contribution in [2.75, 3.05) is 51.8 Å². The molecule has 1 fully saturated rings. The smallest absolute Gasteiger partial charge is 0.169 e. The maximum Gasteiger partial charge on any atom is 0.169 e. The summed E-state index contributed by atoms with van der Waals surface area (Å²) >= 11 is 0. The molecule has 3 aromatic carbocycles. The molecule has 5 rings (SSSR count). The molecule has 0 bridgehead atoms.